The van der Waals surface area contributed by atoms with E-state index in [1.807, 2.05) is 19.0 Å². The van der Waals surface area contributed by atoms with Gasteiger partial charge in [-0.1, -0.05) is 6.58 Å². The molecule has 0 aliphatic carbocycles. The first-order chi connectivity index (χ1) is 5.50. The summed E-state index contributed by atoms with van der Waals surface area (Å²) in [5.41, 5.74) is 6.00. The highest BCUT2D eigenvalue weighted by Crippen LogP contribution is 2.05. The minimum atomic E-state index is -0.104. The second-order valence-corrected chi connectivity index (χ2v) is 3.20. The Kier molecular flexibility index (Phi) is 4.78. The van der Waals surface area contributed by atoms with Gasteiger partial charge < -0.3 is 5.73 Å². The Bertz CT molecular complexity index is 175. The van der Waals surface area contributed by atoms with Gasteiger partial charge in [-0.2, -0.15) is 0 Å². The highest BCUT2D eigenvalue weighted by atomic mass is 16.1. The van der Waals surface area contributed by atoms with Crippen molar-refractivity contribution in [3.63, 3.8) is 0 Å². The van der Waals surface area contributed by atoms with Crippen molar-refractivity contribution in [1.82, 2.24) is 4.90 Å². The van der Waals surface area contributed by atoms with Crippen molar-refractivity contribution in [3.05, 3.63) is 12.2 Å². The first-order valence-electron chi connectivity index (χ1n) is 4.07. The maximum Gasteiger partial charge on any atom is 0.175 e. The van der Waals surface area contributed by atoms with Crippen LogP contribution in [-0.2, 0) is 4.79 Å². The molecule has 0 aliphatic rings. The van der Waals surface area contributed by atoms with E-state index in [1.165, 1.54) is 0 Å². The van der Waals surface area contributed by atoms with Gasteiger partial charge in [0.2, 0.25) is 0 Å². The Morgan fingerprint density at radius 1 is 1.58 bits per heavy atom. The van der Waals surface area contributed by atoms with E-state index in [9.17, 15) is 4.79 Å². The highest BCUT2D eigenvalue weighted by Gasteiger charge is 2.19. The molecule has 1 unspecified atom stereocenters. The maximum absolute atomic E-state index is 11.5. The van der Waals surface area contributed by atoms with Crippen LogP contribution in [-0.4, -0.2) is 37.4 Å². The third-order valence-corrected chi connectivity index (χ3v) is 1.79. The molecule has 0 saturated heterocycles. The number of rotatable bonds is 5. The number of nitrogens with two attached hydrogens (primary N) is 1. The van der Waals surface area contributed by atoms with Gasteiger partial charge in [0, 0.05) is 0 Å². The van der Waals surface area contributed by atoms with Crippen LogP contribution in [0.4, 0.5) is 0 Å². The topological polar surface area (TPSA) is 46.3 Å². The van der Waals surface area contributed by atoms with E-state index >= 15 is 0 Å². The minimum Gasteiger partial charge on any atom is -0.330 e. The number of Topliss-reactive ketones (excluding diaryl/α,β-unsaturated/α-hetero) is 1. The summed E-state index contributed by atoms with van der Waals surface area (Å²) in [4.78, 5) is 13.4. The summed E-state index contributed by atoms with van der Waals surface area (Å²) < 4.78 is 0. The van der Waals surface area contributed by atoms with Gasteiger partial charge >= 0.3 is 0 Å². The average molecular weight is 170 g/mol. The molecule has 0 amide bonds. The summed E-state index contributed by atoms with van der Waals surface area (Å²) in [6.45, 7) is 5.88. The zero-order valence-electron chi connectivity index (χ0n) is 8.13. The zero-order chi connectivity index (χ0) is 9.72. The lowest BCUT2D eigenvalue weighted by Gasteiger charge is -2.22. The van der Waals surface area contributed by atoms with Crippen molar-refractivity contribution < 1.29 is 4.79 Å². The maximum atomic E-state index is 11.5. The van der Waals surface area contributed by atoms with Gasteiger partial charge in [-0.15, -0.1) is 0 Å². The predicted molar refractivity (Wildman–Crippen MR) is 51.0 cm³/mol. The summed E-state index contributed by atoms with van der Waals surface area (Å²) in [6, 6.07) is -0.104. The second kappa shape index (κ2) is 5.06. The smallest absolute Gasteiger partial charge is 0.175 e. The molecule has 0 saturated carbocycles. The molecule has 0 spiro atoms. The molecular weight excluding hydrogens is 152 g/mol. The molecule has 12 heavy (non-hydrogen) atoms. The molecular formula is C9H18N2O. The van der Waals surface area contributed by atoms with Gasteiger partial charge in [0.25, 0.3) is 0 Å². The fourth-order valence-corrected chi connectivity index (χ4v) is 1.07. The zero-order valence-corrected chi connectivity index (χ0v) is 8.13. The molecule has 0 radical (unpaired) electrons. The summed E-state index contributed by atoms with van der Waals surface area (Å²) >= 11 is 0. The molecule has 0 bridgehead atoms. The van der Waals surface area contributed by atoms with E-state index < -0.39 is 0 Å². The largest absolute Gasteiger partial charge is 0.330 e. The SMILES string of the molecule is C=C(C)C(=O)C(CCN)N(C)C. The summed E-state index contributed by atoms with van der Waals surface area (Å²) in [7, 11) is 3.75. The lowest BCUT2D eigenvalue weighted by atomic mass is 10.0. The minimum absolute atomic E-state index is 0.0884. The van der Waals surface area contributed by atoms with Gasteiger partial charge in [0.15, 0.2) is 5.78 Å². The number of carbonyl (C=O) groups excluding carboxylic acids is 1. The van der Waals surface area contributed by atoms with Crippen molar-refractivity contribution in [2.45, 2.75) is 19.4 Å². The average Bonchev–Trinajstić information content (AvgIpc) is 1.98. The van der Waals surface area contributed by atoms with Crippen LogP contribution >= 0.6 is 0 Å². The molecule has 0 aromatic heterocycles. The number of nitrogens with zero attached hydrogens (tertiary/aromatic N) is 1. The molecule has 0 fully saturated rings. The standard InChI is InChI=1S/C9H18N2O/c1-7(2)9(12)8(5-6-10)11(3)4/h8H,1,5-6,10H2,2-4H3. The second-order valence-electron chi connectivity index (χ2n) is 3.20. The number of hydrogen-bond donors (Lipinski definition) is 1. The molecule has 0 heterocycles. The van der Waals surface area contributed by atoms with E-state index in [-0.39, 0.29) is 11.8 Å². The van der Waals surface area contributed by atoms with E-state index in [1.54, 1.807) is 6.92 Å². The quantitative estimate of drug-likeness (QED) is 0.608. The van der Waals surface area contributed by atoms with Crippen LogP contribution < -0.4 is 5.73 Å². The molecule has 1 atom stereocenters. The van der Waals surface area contributed by atoms with E-state index in [2.05, 4.69) is 6.58 Å². The van der Waals surface area contributed by atoms with Crippen LogP contribution in [0.5, 0.6) is 0 Å². The molecule has 0 aromatic rings. The van der Waals surface area contributed by atoms with E-state index in [4.69, 9.17) is 5.73 Å². The summed E-state index contributed by atoms with van der Waals surface area (Å²) in [5, 5.41) is 0. The lowest BCUT2D eigenvalue weighted by molar-refractivity contribution is -0.119. The number of carbonyl (C=O) groups is 1. The predicted octanol–water partition coefficient (Wildman–Crippen LogP) is 0.411. The van der Waals surface area contributed by atoms with Crippen LogP contribution in [0.15, 0.2) is 12.2 Å². The van der Waals surface area contributed by atoms with Crippen molar-refractivity contribution >= 4 is 5.78 Å². The fourth-order valence-electron chi connectivity index (χ4n) is 1.07. The van der Waals surface area contributed by atoms with Crippen molar-refractivity contribution in [2.24, 2.45) is 5.73 Å². The first-order valence-corrected chi connectivity index (χ1v) is 4.07. The Labute approximate surface area is 74.2 Å². The van der Waals surface area contributed by atoms with Crippen molar-refractivity contribution in [1.29, 1.82) is 0 Å². The van der Waals surface area contributed by atoms with Crippen LogP contribution in [0.1, 0.15) is 13.3 Å². The third kappa shape index (κ3) is 3.15. The van der Waals surface area contributed by atoms with Gasteiger partial charge in [-0.05, 0) is 39.6 Å². The molecule has 0 rings (SSSR count). The van der Waals surface area contributed by atoms with Gasteiger partial charge in [-0.25, -0.2) is 0 Å². The van der Waals surface area contributed by atoms with Gasteiger partial charge in [0.1, 0.15) is 0 Å². The van der Waals surface area contributed by atoms with Crippen LogP contribution in [0.25, 0.3) is 0 Å². The van der Waals surface area contributed by atoms with Gasteiger partial charge in [-0.3, -0.25) is 9.69 Å². The van der Waals surface area contributed by atoms with Crippen LogP contribution in [0.2, 0.25) is 0 Å². The van der Waals surface area contributed by atoms with Gasteiger partial charge in [0.05, 0.1) is 6.04 Å². The number of ketones is 1. The summed E-state index contributed by atoms with van der Waals surface area (Å²) in [5.74, 6) is 0.0884. The molecule has 0 aromatic carbocycles. The normalized spacial score (nSPS) is 13.1. The fraction of sp³-hybridized carbons (Fsp3) is 0.667. The number of likely N-dealkylation sites (N-methyl/N-ethyl adjacent to an activating group) is 1. The van der Waals surface area contributed by atoms with Crippen LogP contribution in [0.3, 0.4) is 0 Å². The third-order valence-electron chi connectivity index (χ3n) is 1.79. The molecule has 2 N–H and O–H groups in total. The molecule has 3 heteroatoms. The Morgan fingerprint density at radius 3 is 2.33 bits per heavy atom. The Hall–Kier alpha value is -0.670. The van der Waals surface area contributed by atoms with Crippen molar-refractivity contribution in [2.75, 3.05) is 20.6 Å². The van der Waals surface area contributed by atoms with Crippen LogP contribution in [0, 0.1) is 0 Å². The highest BCUT2D eigenvalue weighted by molar-refractivity contribution is 5.98. The Morgan fingerprint density at radius 2 is 2.08 bits per heavy atom. The summed E-state index contributed by atoms with van der Waals surface area (Å²) in [6.07, 6.45) is 0.693. The molecule has 3 nitrogen and oxygen atoms in total. The molecule has 0 aliphatic heterocycles. The number of hydrogen-bond acceptors (Lipinski definition) is 3. The molecule has 70 valence electrons. The van der Waals surface area contributed by atoms with Crippen molar-refractivity contribution in [3.8, 4) is 0 Å². The van der Waals surface area contributed by atoms with E-state index in [0.717, 1.165) is 0 Å². The van der Waals surface area contributed by atoms with E-state index in [0.29, 0.717) is 18.5 Å². The first kappa shape index (κ1) is 11.3. The monoisotopic (exact) mass is 170 g/mol. The lowest BCUT2D eigenvalue weighted by Crippen LogP contribution is -2.37. The Balaban J connectivity index is 4.29.